The lowest BCUT2D eigenvalue weighted by molar-refractivity contribution is 0.0952. The number of carbonyl (C=O) groups excluding carboxylic acids is 1. The van der Waals surface area contributed by atoms with Gasteiger partial charge in [-0.25, -0.2) is 9.37 Å². The van der Waals surface area contributed by atoms with Crippen molar-refractivity contribution < 1.29 is 13.9 Å². The lowest BCUT2D eigenvalue weighted by Crippen LogP contribution is -2.23. The van der Waals surface area contributed by atoms with Gasteiger partial charge in [-0.1, -0.05) is 42.0 Å². The summed E-state index contributed by atoms with van der Waals surface area (Å²) in [6, 6.07) is 23.3. The Kier molecular flexibility index (Phi) is 5.97. The Morgan fingerprint density at radius 2 is 1.66 bits per heavy atom. The van der Waals surface area contributed by atoms with E-state index in [9.17, 15) is 9.18 Å². The van der Waals surface area contributed by atoms with Crippen LogP contribution in [0.4, 0.5) is 4.39 Å². The smallest absolute Gasteiger partial charge is 0.252 e. The molecule has 0 saturated carbocycles. The van der Waals surface area contributed by atoms with Gasteiger partial charge in [-0.05, 0) is 55.0 Å². The Hall–Kier alpha value is -4.52. The summed E-state index contributed by atoms with van der Waals surface area (Å²) >= 11 is 0. The molecule has 1 amide bonds. The zero-order chi connectivity index (χ0) is 24.4. The topological polar surface area (TPSA) is 79.9 Å². The molecule has 0 aliphatic carbocycles. The van der Waals surface area contributed by atoms with Crippen LogP contribution in [0.5, 0.6) is 5.75 Å². The molecule has 0 bridgehead atoms. The van der Waals surface area contributed by atoms with Gasteiger partial charge in [0, 0.05) is 17.7 Å². The molecule has 0 unspecified atom stereocenters. The van der Waals surface area contributed by atoms with Crippen LogP contribution in [0.2, 0.25) is 0 Å². The number of pyridine rings is 1. The fourth-order valence-electron chi connectivity index (χ4n) is 3.92. The van der Waals surface area contributed by atoms with Gasteiger partial charge in [0.05, 0.1) is 29.4 Å². The molecule has 2 heterocycles. The van der Waals surface area contributed by atoms with Crippen molar-refractivity contribution in [1.29, 1.82) is 0 Å². The first-order valence-electron chi connectivity index (χ1n) is 11.1. The molecule has 0 spiro atoms. The van der Waals surface area contributed by atoms with Gasteiger partial charge in [-0.3, -0.25) is 9.89 Å². The minimum Gasteiger partial charge on any atom is -0.497 e. The first kappa shape index (κ1) is 22.3. The fourth-order valence-corrected chi connectivity index (χ4v) is 3.92. The molecule has 0 atom stereocenters. The Balaban J connectivity index is 1.57. The average Bonchev–Trinajstić information content (AvgIpc) is 3.32. The summed E-state index contributed by atoms with van der Waals surface area (Å²) in [5, 5.41) is 11.0. The summed E-state index contributed by atoms with van der Waals surface area (Å²) in [5.74, 6) is 0.155. The number of halogens is 1. The Morgan fingerprint density at radius 1 is 0.971 bits per heavy atom. The van der Waals surface area contributed by atoms with Crippen molar-refractivity contribution in [3.63, 3.8) is 0 Å². The van der Waals surface area contributed by atoms with Crippen molar-refractivity contribution in [3.05, 3.63) is 101 Å². The molecule has 6 nitrogen and oxygen atoms in total. The Labute approximate surface area is 201 Å². The zero-order valence-electron chi connectivity index (χ0n) is 19.3. The standard InChI is InChI=1S/C28H23FN4O2/c1-17-3-7-19(8-4-17)24-15-23(28(34)30-16-18-5-13-22(35-2)14-6-18)25-26(32-33-27(25)31-24)20-9-11-21(29)12-10-20/h3-15H,16H2,1-2H3,(H,30,34)(H,31,32,33). The van der Waals surface area contributed by atoms with Gasteiger partial charge in [0.2, 0.25) is 0 Å². The summed E-state index contributed by atoms with van der Waals surface area (Å²) in [7, 11) is 1.61. The van der Waals surface area contributed by atoms with E-state index in [0.29, 0.717) is 40.1 Å². The van der Waals surface area contributed by atoms with Crippen LogP contribution in [-0.4, -0.2) is 28.2 Å². The fraction of sp³-hybridized carbons (Fsp3) is 0.107. The van der Waals surface area contributed by atoms with Crippen molar-refractivity contribution >= 4 is 16.9 Å². The zero-order valence-corrected chi connectivity index (χ0v) is 19.3. The van der Waals surface area contributed by atoms with E-state index in [0.717, 1.165) is 22.4 Å². The van der Waals surface area contributed by atoms with Crippen molar-refractivity contribution in [2.24, 2.45) is 0 Å². The maximum Gasteiger partial charge on any atom is 0.252 e. The molecule has 5 aromatic rings. The summed E-state index contributed by atoms with van der Waals surface area (Å²) in [6.45, 7) is 2.36. The van der Waals surface area contributed by atoms with Gasteiger partial charge in [0.15, 0.2) is 5.65 Å². The number of benzene rings is 3. The largest absolute Gasteiger partial charge is 0.497 e. The van der Waals surface area contributed by atoms with E-state index in [-0.39, 0.29) is 11.7 Å². The van der Waals surface area contributed by atoms with Crippen LogP contribution < -0.4 is 10.1 Å². The number of amides is 1. The summed E-state index contributed by atoms with van der Waals surface area (Å²) in [6.07, 6.45) is 0. The van der Waals surface area contributed by atoms with E-state index >= 15 is 0 Å². The maximum absolute atomic E-state index is 13.5. The lowest BCUT2D eigenvalue weighted by Gasteiger charge is -2.10. The van der Waals surface area contributed by atoms with E-state index in [1.807, 2.05) is 55.5 Å². The molecule has 2 aromatic heterocycles. The van der Waals surface area contributed by atoms with Crippen LogP contribution in [-0.2, 0) is 6.54 Å². The minimum atomic E-state index is -0.338. The molecule has 0 saturated heterocycles. The number of nitrogens with one attached hydrogen (secondary N) is 2. The molecule has 174 valence electrons. The number of hydrogen-bond acceptors (Lipinski definition) is 4. The number of aryl methyl sites for hydroxylation is 1. The number of H-pyrrole nitrogens is 1. The molecule has 0 radical (unpaired) electrons. The molecule has 3 aromatic carbocycles. The van der Waals surface area contributed by atoms with Crippen LogP contribution >= 0.6 is 0 Å². The quantitative estimate of drug-likeness (QED) is 0.338. The molecule has 0 aliphatic rings. The van der Waals surface area contributed by atoms with Gasteiger partial charge < -0.3 is 10.1 Å². The summed E-state index contributed by atoms with van der Waals surface area (Å²) < 4.78 is 18.7. The van der Waals surface area contributed by atoms with Crippen molar-refractivity contribution in [1.82, 2.24) is 20.5 Å². The van der Waals surface area contributed by atoms with E-state index in [4.69, 9.17) is 9.72 Å². The van der Waals surface area contributed by atoms with Gasteiger partial charge >= 0.3 is 0 Å². The molecule has 5 rings (SSSR count). The highest BCUT2D eigenvalue weighted by Gasteiger charge is 2.20. The normalized spacial score (nSPS) is 10.9. The molecule has 35 heavy (non-hydrogen) atoms. The second-order valence-electron chi connectivity index (χ2n) is 8.26. The van der Waals surface area contributed by atoms with E-state index < -0.39 is 0 Å². The highest BCUT2D eigenvalue weighted by Crippen LogP contribution is 2.31. The van der Waals surface area contributed by atoms with E-state index in [1.165, 1.54) is 12.1 Å². The summed E-state index contributed by atoms with van der Waals surface area (Å²) in [5.41, 5.74) is 5.77. The number of hydrogen-bond donors (Lipinski definition) is 2. The number of aromatic amines is 1. The number of rotatable bonds is 6. The Morgan fingerprint density at radius 3 is 2.34 bits per heavy atom. The average molecular weight is 467 g/mol. The maximum atomic E-state index is 13.5. The third-order valence-electron chi connectivity index (χ3n) is 5.86. The van der Waals surface area contributed by atoms with Crippen LogP contribution in [0.15, 0.2) is 78.9 Å². The molecular formula is C28H23FN4O2. The van der Waals surface area contributed by atoms with Crippen LogP contribution in [0.25, 0.3) is 33.5 Å². The molecule has 0 fully saturated rings. The number of carbonyl (C=O) groups is 1. The predicted molar refractivity (Wildman–Crippen MR) is 134 cm³/mol. The summed E-state index contributed by atoms with van der Waals surface area (Å²) in [4.78, 5) is 18.2. The minimum absolute atomic E-state index is 0.258. The highest BCUT2D eigenvalue weighted by molar-refractivity contribution is 6.10. The second-order valence-corrected chi connectivity index (χ2v) is 8.26. The first-order chi connectivity index (χ1) is 17.0. The molecule has 0 aliphatic heterocycles. The molecule has 7 heteroatoms. The van der Waals surface area contributed by atoms with Gasteiger partial charge in [-0.2, -0.15) is 5.10 Å². The molecule has 2 N–H and O–H groups in total. The third-order valence-corrected chi connectivity index (χ3v) is 5.86. The van der Waals surface area contributed by atoms with E-state index in [1.54, 1.807) is 25.3 Å². The lowest BCUT2D eigenvalue weighted by atomic mass is 10.0. The van der Waals surface area contributed by atoms with Crippen LogP contribution in [0.1, 0.15) is 21.5 Å². The Bertz CT molecular complexity index is 1490. The van der Waals surface area contributed by atoms with Gasteiger partial charge in [-0.15, -0.1) is 0 Å². The SMILES string of the molecule is COc1ccc(CNC(=O)c2cc(-c3ccc(C)cc3)nc3n[nH]c(-c4ccc(F)cc4)c23)cc1. The number of methoxy groups -OCH3 is 1. The van der Waals surface area contributed by atoms with Crippen molar-refractivity contribution in [3.8, 4) is 28.3 Å². The number of ether oxygens (including phenoxy) is 1. The second kappa shape index (κ2) is 9.38. The first-order valence-corrected chi connectivity index (χ1v) is 11.1. The number of nitrogens with zero attached hydrogens (tertiary/aromatic N) is 2. The highest BCUT2D eigenvalue weighted by atomic mass is 19.1. The van der Waals surface area contributed by atoms with Gasteiger partial charge in [0.1, 0.15) is 11.6 Å². The van der Waals surface area contributed by atoms with E-state index in [2.05, 4.69) is 15.5 Å². The van der Waals surface area contributed by atoms with Crippen LogP contribution in [0, 0.1) is 12.7 Å². The molecular weight excluding hydrogens is 443 g/mol. The number of aromatic nitrogens is 3. The van der Waals surface area contributed by atoms with Crippen molar-refractivity contribution in [2.75, 3.05) is 7.11 Å². The monoisotopic (exact) mass is 466 g/mol. The van der Waals surface area contributed by atoms with Crippen molar-refractivity contribution in [2.45, 2.75) is 13.5 Å². The predicted octanol–water partition coefficient (Wildman–Crippen LogP) is 5.68. The van der Waals surface area contributed by atoms with Crippen LogP contribution in [0.3, 0.4) is 0 Å². The van der Waals surface area contributed by atoms with Gasteiger partial charge in [0.25, 0.3) is 5.91 Å². The third kappa shape index (κ3) is 4.61. The number of fused-ring (bicyclic) bond motifs is 1.